The molecule has 0 spiro atoms. The van der Waals surface area contributed by atoms with Gasteiger partial charge in [-0.1, -0.05) is 24.9 Å². The summed E-state index contributed by atoms with van der Waals surface area (Å²) in [5.74, 6) is 2.52. The molecule has 6 nitrogen and oxygen atoms in total. The van der Waals surface area contributed by atoms with E-state index in [9.17, 15) is 5.11 Å². The van der Waals surface area contributed by atoms with Crippen LogP contribution in [0.4, 0.5) is 0 Å². The monoisotopic (exact) mass is 397 g/mol. The van der Waals surface area contributed by atoms with Crippen LogP contribution in [0.15, 0.2) is 17.1 Å². The fourth-order valence-electron chi connectivity index (χ4n) is 3.07. The Labute approximate surface area is 167 Å². The normalized spacial score (nSPS) is 15.2. The lowest BCUT2D eigenvalue weighted by Crippen LogP contribution is -2.40. The molecule has 3 N–H and O–H groups in total. The maximum absolute atomic E-state index is 9.22. The largest absolute Gasteiger partial charge is 0.489 e. The van der Waals surface area contributed by atoms with Gasteiger partial charge in [-0.25, -0.2) is 4.99 Å². The van der Waals surface area contributed by atoms with E-state index in [0.29, 0.717) is 42.2 Å². The van der Waals surface area contributed by atoms with E-state index in [2.05, 4.69) is 22.5 Å². The minimum atomic E-state index is 0.218. The molecule has 0 aromatic heterocycles. The lowest BCUT2D eigenvalue weighted by molar-refractivity contribution is 0.251. The average molecular weight is 398 g/mol. The molecule has 0 radical (unpaired) electrons. The van der Waals surface area contributed by atoms with Crippen molar-refractivity contribution in [2.45, 2.75) is 46.1 Å². The number of aliphatic hydroxyl groups is 1. The highest BCUT2D eigenvalue weighted by molar-refractivity contribution is 6.32. The standard InChI is InChI=1S/C20H32ClN3O3/c1-3-6-15(7-8-25)13-23-20(22-4-2)24-14-16-11-17(21)19-18(12-16)26-9-5-10-27-19/h11-12,15,25H,3-10,13-14H2,1-2H3,(H2,22,23,24). The van der Waals surface area contributed by atoms with Crippen LogP contribution in [0.5, 0.6) is 11.5 Å². The third-order valence-electron chi connectivity index (χ3n) is 4.42. The van der Waals surface area contributed by atoms with Gasteiger partial charge in [0.2, 0.25) is 0 Å². The maximum atomic E-state index is 9.22. The first-order valence-electron chi connectivity index (χ1n) is 9.88. The number of fused-ring (bicyclic) bond motifs is 1. The highest BCUT2D eigenvalue weighted by atomic mass is 35.5. The Morgan fingerprint density at radius 3 is 2.78 bits per heavy atom. The van der Waals surface area contributed by atoms with Gasteiger partial charge in [0.15, 0.2) is 17.5 Å². The third kappa shape index (κ3) is 7.11. The molecule has 1 atom stereocenters. The van der Waals surface area contributed by atoms with Crippen LogP contribution in [-0.4, -0.2) is 44.0 Å². The Hall–Kier alpha value is -1.66. The van der Waals surface area contributed by atoms with Crippen molar-refractivity contribution in [3.63, 3.8) is 0 Å². The molecule has 1 aromatic carbocycles. The van der Waals surface area contributed by atoms with E-state index in [0.717, 1.165) is 50.3 Å². The molecule has 0 saturated carbocycles. The summed E-state index contributed by atoms with van der Waals surface area (Å²) in [6, 6.07) is 3.83. The molecule has 7 heteroatoms. The van der Waals surface area contributed by atoms with E-state index >= 15 is 0 Å². The molecule has 1 aromatic rings. The van der Waals surface area contributed by atoms with Gasteiger partial charge in [0.05, 0.1) is 24.8 Å². The van der Waals surface area contributed by atoms with Gasteiger partial charge in [-0.2, -0.15) is 0 Å². The number of guanidine groups is 1. The van der Waals surface area contributed by atoms with Gasteiger partial charge >= 0.3 is 0 Å². The SMILES string of the molecule is CCCC(CCO)CNC(=NCc1cc(Cl)c2c(c1)OCCCO2)NCC. The number of aliphatic imine (C=N–C) groups is 1. The van der Waals surface area contributed by atoms with Crippen molar-refractivity contribution in [2.24, 2.45) is 10.9 Å². The van der Waals surface area contributed by atoms with E-state index in [-0.39, 0.29) is 6.61 Å². The Balaban J connectivity index is 2.03. The number of halogens is 1. The van der Waals surface area contributed by atoms with Gasteiger partial charge in [0.25, 0.3) is 0 Å². The van der Waals surface area contributed by atoms with Gasteiger partial charge < -0.3 is 25.2 Å². The number of rotatable bonds is 9. The molecule has 0 amide bonds. The van der Waals surface area contributed by atoms with Crippen molar-refractivity contribution in [1.29, 1.82) is 0 Å². The van der Waals surface area contributed by atoms with Gasteiger partial charge in [-0.05, 0) is 43.4 Å². The number of ether oxygens (including phenoxy) is 2. The van der Waals surface area contributed by atoms with Crippen molar-refractivity contribution >= 4 is 17.6 Å². The van der Waals surface area contributed by atoms with Gasteiger partial charge in [-0.3, -0.25) is 0 Å². The first kappa shape index (κ1) is 21.6. The molecule has 1 aliphatic rings. The third-order valence-corrected chi connectivity index (χ3v) is 4.70. The molecule has 2 rings (SSSR count). The fraction of sp³-hybridized carbons (Fsp3) is 0.650. The molecule has 0 bridgehead atoms. The summed E-state index contributed by atoms with van der Waals surface area (Å²) < 4.78 is 11.4. The molecular formula is C20H32ClN3O3. The maximum Gasteiger partial charge on any atom is 0.191 e. The molecule has 1 aliphatic heterocycles. The number of benzene rings is 1. The van der Waals surface area contributed by atoms with Crippen molar-refractivity contribution in [3.8, 4) is 11.5 Å². The number of aliphatic hydroxyl groups excluding tert-OH is 1. The Kier molecular flexibility index (Phi) is 9.56. The lowest BCUT2D eigenvalue weighted by Gasteiger charge is -2.18. The summed E-state index contributed by atoms with van der Waals surface area (Å²) in [5.41, 5.74) is 0.974. The zero-order chi connectivity index (χ0) is 19.5. The molecule has 152 valence electrons. The van der Waals surface area contributed by atoms with Gasteiger partial charge in [0, 0.05) is 26.1 Å². The van der Waals surface area contributed by atoms with Crippen LogP contribution in [0, 0.1) is 5.92 Å². The van der Waals surface area contributed by atoms with E-state index < -0.39 is 0 Å². The van der Waals surface area contributed by atoms with Crippen LogP contribution in [0.3, 0.4) is 0 Å². The minimum absolute atomic E-state index is 0.218. The molecule has 0 saturated heterocycles. The average Bonchev–Trinajstić information content (AvgIpc) is 2.90. The minimum Gasteiger partial charge on any atom is -0.489 e. The van der Waals surface area contributed by atoms with E-state index in [1.54, 1.807) is 0 Å². The quantitative estimate of drug-likeness (QED) is 0.440. The van der Waals surface area contributed by atoms with Crippen molar-refractivity contribution in [2.75, 3.05) is 32.9 Å². The van der Waals surface area contributed by atoms with Crippen molar-refractivity contribution in [3.05, 3.63) is 22.7 Å². The van der Waals surface area contributed by atoms with Crippen LogP contribution in [0.2, 0.25) is 5.02 Å². The lowest BCUT2D eigenvalue weighted by atomic mass is 10.0. The summed E-state index contributed by atoms with van der Waals surface area (Å²) in [6.45, 7) is 7.74. The Morgan fingerprint density at radius 1 is 1.22 bits per heavy atom. The second-order valence-electron chi connectivity index (χ2n) is 6.70. The summed E-state index contributed by atoms with van der Waals surface area (Å²) in [6.07, 6.45) is 3.85. The summed E-state index contributed by atoms with van der Waals surface area (Å²) in [7, 11) is 0. The smallest absolute Gasteiger partial charge is 0.191 e. The highest BCUT2D eigenvalue weighted by Gasteiger charge is 2.15. The summed E-state index contributed by atoms with van der Waals surface area (Å²) in [4.78, 5) is 4.67. The number of nitrogens with one attached hydrogen (secondary N) is 2. The van der Waals surface area contributed by atoms with Crippen molar-refractivity contribution in [1.82, 2.24) is 10.6 Å². The summed E-state index contributed by atoms with van der Waals surface area (Å²) >= 11 is 6.36. The number of hydrogen-bond donors (Lipinski definition) is 3. The van der Waals surface area contributed by atoms with Crippen LogP contribution < -0.4 is 20.1 Å². The molecule has 1 heterocycles. The number of nitrogens with zero attached hydrogens (tertiary/aromatic N) is 1. The molecule has 0 aliphatic carbocycles. The Bertz CT molecular complexity index is 604. The molecule has 0 fully saturated rings. The molecule has 1 unspecified atom stereocenters. The van der Waals surface area contributed by atoms with Crippen molar-refractivity contribution < 1.29 is 14.6 Å². The first-order valence-corrected chi connectivity index (χ1v) is 10.3. The second-order valence-corrected chi connectivity index (χ2v) is 7.11. The van der Waals surface area contributed by atoms with Crippen LogP contribution in [-0.2, 0) is 6.54 Å². The van der Waals surface area contributed by atoms with Crippen LogP contribution in [0.1, 0.15) is 45.1 Å². The predicted molar refractivity (Wildman–Crippen MR) is 110 cm³/mol. The first-order chi connectivity index (χ1) is 13.2. The second kappa shape index (κ2) is 11.9. The zero-order valence-electron chi connectivity index (χ0n) is 16.4. The van der Waals surface area contributed by atoms with Crippen LogP contribution >= 0.6 is 11.6 Å². The van der Waals surface area contributed by atoms with Crippen LogP contribution in [0.25, 0.3) is 0 Å². The summed E-state index contributed by atoms with van der Waals surface area (Å²) in [5, 5.41) is 16.4. The Morgan fingerprint density at radius 2 is 2.04 bits per heavy atom. The van der Waals surface area contributed by atoms with E-state index in [1.807, 2.05) is 19.1 Å². The van der Waals surface area contributed by atoms with E-state index in [1.165, 1.54) is 0 Å². The fourth-order valence-corrected chi connectivity index (χ4v) is 3.36. The topological polar surface area (TPSA) is 75.1 Å². The van der Waals surface area contributed by atoms with E-state index in [4.69, 9.17) is 21.1 Å². The highest BCUT2D eigenvalue weighted by Crippen LogP contribution is 2.38. The van der Waals surface area contributed by atoms with Gasteiger partial charge in [-0.15, -0.1) is 0 Å². The number of hydrogen-bond acceptors (Lipinski definition) is 4. The molecule has 27 heavy (non-hydrogen) atoms. The zero-order valence-corrected chi connectivity index (χ0v) is 17.1. The van der Waals surface area contributed by atoms with Gasteiger partial charge in [0.1, 0.15) is 0 Å². The molecular weight excluding hydrogens is 366 g/mol. The predicted octanol–water partition coefficient (Wildman–Crippen LogP) is 3.36.